The van der Waals surface area contributed by atoms with Crippen molar-refractivity contribution < 1.29 is 14.3 Å². The van der Waals surface area contributed by atoms with E-state index in [1.165, 1.54) is 10.5 Å². The first-order valence-corrected chi connectivity index (χ1v) is 10.0. The Morgan fingerprint density at radius 2 is 2.04 bits per heavy atom. The Hall–Kier alpha value is -1.53. The maximum Gasteiger partial charge on any atom is 0.310 e. The van der Waals surface area contributed by atoms with Gasteiger partial charge in [-0.05, 0) is 50.8 Å². The summed E-state index contributed by atoms with van der Waals surface area (Å²) in [6.45, 7) is 4.50. The van der Waals surface area contributed by atoms with Crippen LogP contribution in [-0.2, 0) is 20.9 Å². The average Bonchev–Trinajstić information content (AvgIpc) is 2.62. The summed E-state index contributed by atoms with van der Waals surface area (Å²) in [4.78, 5) is 29.5. The number of rotatable bonds is 7. The van der Waals surface area contributed by atoms with Crippen molar-refractivity contribution in [2.75, 3.05) is 39.5 Å². The molecule has 0 aliphatic carbocycles. The first kappa shape index (κ1) is 19.8. The summed E-state index contributed by atoms with van der Waals surface area (Å²) in [5.74, 6) is -0.276. The fourth-order valence-corrected chi connectivity index (χ4v) is 3.49. The molecular weight excluding hydrogens is 336 g/mol. The van der Waals surface area contributed by atoms with Crippen LogP contribution in [0.25, 0.3) is 0 Å². The van der Waals surface area contributed by atoms with Gasteiger partial charge in [0.1, 0.15) is 0 Å². The van der Waals surface area contributed by atoms with E-state index < -0.39 is 0 Å². The van der Waals surface area contributed by atoms with Crippen molar-refractivity contribution in [3.63, 3.8) is 0 Å². The molecule has 1 amide bonds. The molecule has 1 unspecified atom stereocenters. The molecule has 6 heteroatoms. The Morgan fingerprint density at radius 3 is 2.68 bits per heavy atom. The summed E-state index contributed by atoms with van der Waals surface area (Å²) in [6.07, 6.45) is 3.72. The number of piperidine rings is 1. The maximum atomic E-state index is 12.6. The standard InChI is InChI=1S/C19H28N2O3S/c1-4-24-19(23)16-6-5-11-21(13-16)18(22)14-20(2)12-15-7-9-17(25-3)10-8-15/h7-10,16H,4-6,11-14H2,1-3H3. The van der Waals surface area contributed by atoms with Gasteiger partial charge in [-0.1, -0.05) is 12.1 Å². The normalized spacial score (nSPS) is 17.6. The Labute approximate surface area is 154 Å². The minimum absolute atomic E-state index is 0.0808. The lowest BCUT2D eigenvalue weighted by Gasteiger charge is -2.32. The summed E-state index contributed by atoms with van der Waals surface area (Å²) in [5, 5.41) is 0. The minimum atomic E-state index is -0.179. The van der Waals surface area contributed by atoms with E-state index in [0.29, 0.717) is 19.7 Å². The number of ether oxygens (including phenoxy) is 1. The van der Waals surface area contributed by atoms with Gasteiger partial charge in [-0.15, -0.1) is 11.8 Å². The van der Waals surface area contributed by atoms with E-state index in [-0.39, 0.29) is 17.8 Å². The topological polar surface area (TPSA) is 49.9 Å². The second kappa shape index (κ2) is 9.82. The summed E-state index contributed by atoms with van der Waals surface area (Å²) < 4.78 is 5.10. The lowest BCUT2D eigenvalue weighted by atomic mass is 9.98. The van der Waals surface area contributed by atoms with Gasteiger partial charge in [-0.3, -0.25) is 14.5 Å². The van der Waals surface area contributed by atoms with Gasteiger partial charge >= 0.3 is 5.97 Å². The zero-order valence-electron chi connectivity index (χ0n) is 15.4. The highest BCUT2D eigenvalue weighted by Crippen LogP contribution is 2.19. The number of benzene rings is 1. The van der Waals surface area contributed by atoms with Crippen LogP contribution in [0.2, 0.25) is 0 Å². The molecule has 1 aliphatic heterocycles. The summed E-state index contributed by atoms with van der Waals surface area (Å²) >= 11 is 1.72. The first-order chi connectivity index (χ1) is 12.0. The third-order valence-electron chi connectivity index (χ3n) is 4.41. The first-order valence-electron chi connectivity index (χ1n) is 8.79. The molecule has 1 atom stereocenters. The molecule has 25 heavy (non-hydrogen) atoms. The molecule has 1 saturated heterocycles. The molecule has 0 bridgehead atoms. The highest BCUT2D eigenvalue weighted by Gasteiger charge is 2.29. The van der Waals surface area contributed by atoms with Crippen molar-refractivity contribution in [2.45, 2.75) is 31.2 Å². The predicted octanol–water partition coefficient (Wildman–Crippen LogP) is 2.64. The van der Waals surface area contributed by atoms with Crippen molar-refractivity contribution in [2.24, 2.45) is 5.92 Å². The summed E-state index contributed by atoms with van der Waals surface area (Å²) in [7, 11) is 1.95. The Morgan fingerprint density at radius 1 is 1.32 bits per heavy atom. The molecule has 0 aromatic heterocycles. The van der Waals surface area contributed by atoms with Gasteiger partial charge in [0.25, 0.3) is 0 Å². The van der Waals surface area contributed by atoms with Crippen LogP contribution in [0.4, 0.5) is 0 Å². The molecule has 1 aliphatic rings. The fraction of sp³-hybridized carbons (Fsp3) is 0.579. The molecule has 5 nitrogen and oxygen atoms in total. The molecule has 1 aromatic rings. The number of carbonyl (C=O) groups excluding carboxylic acids is 2. The Bertz CT molecular complexity index is 577. The van der Waals surface area contributed by atoms with E-state index in [1.807, 2.05) is 18.9 Å². The molecule has 0 saturated carbocycles. The van der Waals surface area contributed by atoms with E-state index in [1.54, 1.807) is 16.7 Å². The van der Waals surface area contributed by atoms with E-state index in [2.05, 4.69) is 30.5 Å². The number of carbonyl (C=O) groups is 2. The van der Waals surface area contributed by atoms with Crippen molar-refractivity contribution >= 4 is 23.6 Å². The largest absolute Gasteiger partial charge is 0.466 e. The van der Waals surface area contributed by atoms with Crippen LogP contribution >= 0.6 is 11.8 Å². The van der Waals surface area contributed by atoms with Gasteiger partial charge in [0, 0.05) is 24.5 Å². The third-order valence-corrected chi connectivity index (χ3v) is 5.15. The number of nitrogens with zero attached hydrogens (tertiary/aromatic N) is 2. The lowest BCUT2D eigenvalue weighted by molar-refractivity contribution is -0.151. The lowest BCUT2D eigenvalue weighted by Crippen LogP contribution is -2.46. The quantitative estimate of drug-likeness (QED) is 0.550. The van der Waals surface area contributed by atoms with Gasteiger partial charge < -0.3 is 9.64 Å². The van der Waals surface area contributed by atoms with Crippen LogP contribution in [0.3, 0.4) is 0 Å². The second-order valence-electron chi connectivity index (χ2n) is 6.45. The zero-order chi connectivity index (χ0) is 18.2. The molecule has 1 heterocycles. The van der Waals surface area contributed by atoms with Crippen LogP contribution in [0.1, 0.15) is 25.3 Å². The predicted molar refractivity (Wildman–Crippen MR) is 100 cm³/mol. The monoisotopic (exact) mass is 364 g/mol. The molecule has 1 aromatic carbocycles. The van der Waals surface area contributed by atoms with Gasteiger partial charge in [0.05, 0.1) is 19.1 Å². The van der Waals surface area contributed by atoms with Crippen LogP contribution in [-0.4, -0.2) is 61.2 Å². The van der Waals surface area contributed by atoms with E-state index in [4.69, 9.17) is 4.74 Å². The number of hydrogen-bond donors (Lipinski definition) is 0. The molecule has 0 radical (unpaired) electrons. The summed E-state index contributed by atoms with van der Waals surface area (Å²) in [5.41, 5.74) is 1.19. The minimum Gasteiger partial charge on any atom is -0.466 e. The van der Waals surface area contributed by atoms with Crippen molar-refractivity contribution in [3.05, 3.63) is 29.8 Å². The van der Waals surface area contributed by atoms with E-state index in [9.17, 15) is 9.59 Å². The zero-order valence-corrected chi connectivity index (χ0v) is 16.2. The number of amides is 1. The van der Waals surface area contributed by atoms with Crippen LogP contribution in [0.5, 0.6) is 0 Å². The Balaban J connectivity index is 1.84. The van der Waals surface area contributed by atoms with Crippen LogP contribution in [0.15, 0.2) is 29.2 Å². The number of hydrogen-bond acceptors (Lipinski definition) is 5. The number of thioether (sulfide) groups is 1. The SMILES string of the molecule is CCOC(=O)C1CCCN(C(=O)CN(C)Cc2ccc(SC)cc2)C1. The third kappa shape index (κ3) is 6.04. The van der Waals surface area contributed by atoms with Crippen molar-refractivity contribution in [3.8, 4) is 0 Å². The molecule has 1 fully saturated rings. The maximum absolute atomic E-state index is 12.6. The molecular formula is C19H28N2O3S. The molecule has 0 spiro atoms. The van der Waals surface area contributed by atoms with Gasteiger partial charge in [-0.2, -0.15) is 0 Å². The van der Waals surface area contributed by atoms with Gasteiger partial charge in [0.2, 0.25) is 5.91 Å². The number of likely N-dealkylation sites (N-methyl/N-ethyl adjacent to an activating group) is 1. The number of esters is 1. The smallest absolute Gasteiger partial charge is 0.310 e. The van der Waals surface area contributed by atoms with Crippen molar-refractivity contribution in [1.82, 2.24) is 9.80 Å². The van der Waals surface area contributed by atoms with Crippen molar-refractivity contribution in [1.29, 1.82) is 0 Å². The van der Waals surface area contributed by atoms with Crippen LogP contribution in [0, 0.1) is 5.92 Å². The molecule has 0 N–H and O–H groups in total. The fourth-order valence-electron chi connectivity index (χ4n) is 3.09. The number of likely N-dealkylation sites (tertiary alicyclic amines) is 1. The van der Waals surface area contributed by atoms with Gasteiger partial charge in [0.15, 0.2) is 0 Å². The molecule has 2 rings (SSSR count). The van der Waals surface area contributed by atoms with E-state index in [0.717, 1.165) is 25.9 Å². The second-order valence-corrected chi connectivity index (χ2v) is 7.33. The van der Waals surface area contributed by atoms with Gasteiger partial charge in [-0.25, -0.2) is 0 Å². The highest BCUT2D eigenvalue weighted by molar-refractivity contribution is 7.98. The average molecular weight is 365 g/mol. The van der Waals surface area contributed by atoms with Crippen LogP contribution < -0.4 is 0 Å². The Kier molecular flexibility index (Phi) is 7.78. The van der Waals surface area contributed by atoms with E-state index >= 15 is 0 Å². The summed E-state index contributed by atoms with van der Waals surface area (Å²) in [6, 6.07) is 8.41. The molecule has 138 valence electrons. The highest BCUT2D eigenvalue weighted by atomic mass is 32.2.